The van der Waals surface area contributed by atoms with Crippen LogP contribution in [0.4, 0.5) is 0 Å². The van der Waals surface area contributed by atoms with Gasteiger partial charge in [0.1, 0.15) is 0 Å². The molecule has 7 nitrogen and oxygen atoms in total. The van der Waals surface area contributed by atoms with E-state index < -0.39 is 10.2 Å². The normalized spacial score (nSPS) is 29.2. The summed E-state index contributed by atoms with van der Waals surface area (Å²) in [5, 5.41) is 3.23. The van der Waals surface area contributed by atoms with Gasteiger partial charge in [-0.05, 0) is 26.7 Å². The summed E-state index contributed by atoms with van der Waals surface area (Å²) < 4.78 is 33.3. The molecule has 2 aliphatic heterocycles. The highest BCUT2D eigenvalue weighted by molar-refractivity contribution is 7.86. The summed E-state index contributed by atoms with van der Waals surface area (Å²) in [4.78, 5) is 11.8. The summed E-state index contributed by atoms with van der Waals surface area (Å²) >= 11 is 0. The Bertz CT molecular complexity index is 468. The van der Waals surface area contributed by atoms with Gasteiger partial charge >= 0.3 is 5.97 Å². The molecule has 1 unspecified atom stereocenters. The van der Waals surface area contributed by atoms with Gasteiger partial charge in [0.25, 0.3) is 10.2 Å². The lowest BCUT2D eigenvalue weighted by molar-refractivity contribution is -0.149. The van der Waals surface area contributed by atoms with E-state index in [0.717, 1.165) is 0 Å². The van der Waals surface area contributed by atoms with Gasteiger partial charge in [0.15, 0.2) is 0 Å². The number of nitrogens with zero attached hydrogens (tertiary/aromatic N) is 2. The maximum absolute atomic E-state index is 12.7. The van der Waals surface area contributed by atoms with E-state index in [9.17, 15) is 13.2 Å². The predicted molar refractivity (Wildman–Crippen MR) is 78.9 cm³/mol. The van der Waals surface area contributed by atoms with Crippen molar-refractivity contribution in [2.24, 2.45) is 5.92 Å². The Labute approximate surface area is 126 Å². The molecule has 2 saturated heterocycles. The van der Waals surface area contributed by atoms with E-state index in [1.807, 2.05) is 6.92 Å². The molecule has 0 aromatic carbocycles. The quantitative estimate of drug-likeness (QED) is 0.726. The standard InChI is InChI=1S/C13H25N3O4S/c1-3-20-13(17)12-5-4-7-15(10-12)21(18,19)16-8-6-14-11(2)9-16/h11-12,14H,3-10H2,1-2H3/t11-,12?/m0/s1. The van der Waals surface area contributed by atoms with E-state index in [-0.39, 0.29) is 24.5 Å². The first-order chi connectivity index (χ1) is 9.95. The van der Waals surface area contributed by atoms with Gasteiger partial charge in [-0.15, -0.1) is 0 Å². The third kappa shape index (κ3) is 3.94. The summed E-state index contributed by atoms with van der Waals surface area (Å²) in [6, 6.07) is 0.152. The number of nitrogens with one attached hydrogen (secondary N) is 1. The van der Waals surface area contributed by atoms with E-state index >= 15 is 0 Å². The molecule has 0 spiro atoms. The van der Waals surface area contributed by atoms with Gasteiger partial charge in [0, 0.05) is 38.8 Å². The molecule has 122 valence electrons. The van der Waals surface area contributed by atoms with Crippen LogP contribution in [0.1, 0.15) is 26.7 Å². The molecule has 2 fully saturated rings. The number of ether oxygens (including phenoxy) is 1. The first-order valence-corrected chi connectivity index (χ1v) is 9.00. The Hall–Kier alpha value is -0.700. The van der Waals surface area contributed by atoms with Crippen LogP contribution in [0, 0.1) is 5.92 Å². The molecule has 0 amide bonds. The summed E-state index contributed by atoms with van der Waals surface area (Å²) in [7, 11) is -3.48. The molecule has 2 atom stereocenters. The van der Waals surface area contributed by atoms with Gasteiger partial charge in [-0.2, -0.15) is 17.0 Å². The number of esters is 1. The van der Waals surface area contributed by atoms with Crippen LogP contribution in [0.2, 0.25) is 0 Å². The number of hydrogen-bond acceptors (Lipinski definition) is 5. The maximum atomic E-state index is 12.7. The molecule has 21 heavy (non-hydrogen) atoms. The topological polar surface area (TPSA) is 79.0 Å². The SMILES string of the molecule is CCOC(=O)C1CCCN(S(=O)(=O)N2CCN[C@@H](C)C2)C1. The number of piperidine rings is 1. The van der Waals surface area contributed by atoms with E-state index in [1.54, 1.807) is 6.92 Å². The van der Waals surface area contributed by atoms with Crippen molar-refractivity contribution >= 4 is 16.2 Å². The molecule has 2 heterocycles. The molecular formula is C13H25N3O4S. The number of hydrogen-bond donors (Lipinski definition) is 1. The fourth-order valence-electron chi connectivity index (χ4n) is 2.87. The van der Waals surface area contributed by atoms with Crippen molar-refractivity contribution in [2.45, 2.75) is 32.7 Å². The van der Waals surface area contributed by atoms with Crippen LogP contribution in [0.5, 0.6) is 0 Å². The molecule has 0 aliphatic carbocycles. The number of carbonyl (C=O) groups excluding carboxylic acids is 1. The van der Waals surface area contributed by atoms with Gasteiger partial charge in [-0.25, -0.2) is 0 Å². The predicted octanol–water partition coefficient (Wildman–Crippen LogP) is -0.200. The Morgan fingerprint density at radius 2 is 2.00 bits per heavy atom. The zero-order valence-corrected chi connectivity index (χ0v) is 13.6. The fraction of sp³-hybridized carbons (Fsp3) is 0.923. The first-order valence-electron chi connectivity index (χ1n) is 7.60. The zero-order valence-electron chi connectivity index (χ0n) is 12.7. The minimum atomic E-state index is -3.48. The van der Waals surface area contributed by atoms with Crippen molar-refractivity contribution in [3.63, 3.8) is 0 Å². The summed E-state index contributed by atoms with van der Waals surface area (Å²) in [6.45, 7) is 6.40. The van der Waals surface area contributed by atoms with Gasteiger partial charge in [-0.1, -0.05) is 0 Å². The Balaban J connectivity index is 2.03. The van der Waals surface area contributed by atoms with Crippen LogP contribution in [0.25, 0.3) is 0 Å². The maximum Gasteiger partial charge on any atom is 0.310 e. The second-order valence-corrected chi connectivity index (χ2v) is 7.60. The molecule has 2 rings (SSSR count). The third-order valence-corrected chi connectivity index (χ3v) is 5.96. The molecule has 8 heteroatoms. The van der Waals surface area contributed by atoms with Gasteiger partial charge < -0.3 is 10.1 Å². The van der Waals surface area contributed by atoms with Gasteiger partial charge in [0.2, 0.25) is 0 Å². The summed E-state index contributed by atoms with van der Waals surface area (Å²) in [5.74, 6) is -0.625. The first kappa shape index (κ1) is 16.7. The van der Waals surface area contributed by atoms with Crippen LogP contribution in [-0.4, -0.2) is 68.4 Å². The molecule has 0 saturated carbocycles. The van der Waals surface area contributed by atoms with Crippen molar-refractivity contribution in [2.75, 3.05) is 39.3 Å². The molecule has 2 aliphatic rings. The number of carbonyl (C=O) groups is 1. The van der Waals surface area contributed by atoms with Gasteiger partial charge in [0.05, 0.1) is 12.5 Å². The number of piperazine rings is 1. The highest BCUT2D eigenvalue weighted by atomic mass is 32.2. The lowest BCUT2D eigenvalue weighted by Crippen LogP contribution is -2.56. The van der Waals surface area contributed by atoms with E-state index in [2.05, 4.69) is 5.32 Å². The van der Waals surface area contributed by atoms with Crippen molar-refractivity contribution < 1.29 is 17.9 Å². The summed E-state index contributed by atoms with van der Waals surface area (Å²) in [6.07, 6.45) is 1.40. The van der Waals surface area contributed by atoms with Crippen molar-refractivity contribution in [1.29, 1.82) is 0 Å². The largest absolute Gasteiger partial charge is 0.466 e. The molecule has 0 bridgehead atoms. The van der Waals surface area contributed by atoms with Crippen LogP contribution in [0.15, 0.2) is 0 Å². The second-order valence-electron chi connectivity index (χ2n) is 5.67. The Morgan fingerprint density at radius 1 is 1.29 bits per heavy atom. The smallest absolute Gasteiger partial charge is 0.310 e. The average molecular weight is 319 g/mol. The second kappa shape index (κ2) is 7.04. The minimum Gasteiger partial charge on any atom is -0.466 e. The van der Waals surface area contributed by atoms with E-state index in [4.69, 9.17) is 4.74 Å². The van der Waals surface area contributed by atoms with Crippen LogP contribution < -0.4 is 5.32 Å². The van der Waals surface area contributed by atoms with E-state index in [1.165, 1.54) is 8.61 Å². The van der Waals surface area contributed by atoms with E-state index in [0.29, 0.717) is 45.6 Å². The fourth-order valence-corrected chi connectivity index (χ4v) is 4.66. The highest BCUT2D eigenvalue weighted by Gasteiger charge is 2.37. The zero-order chi connectivity index (χ0) is 15.5. The Morgan fingerprint density at radius 3 is 2.67 bits per heavy atom. The van der Waals surface area contributed by atoms with Crippen LogP contribution in [-0.2, 0) is 19.7 Å². The Kier molecular flexibility index (Phi) is 5.59. The van der Waals surface area contributed by atoms with Crippen LogP contribution in [0.3, 0.4) is 0 Å². The van der Waals surface area contributed by atoms with Crippen molar-refractivity contribution in [3.05, 3.63) is 0 Å². The highest BCUT2D eigenvalue weighted by Crippen LogP contribution is 2.22. The lowest BCUT2D eigenvalue weighted by atomic mass is 10.0. The third-order valence-electron chi connectivity index (χ3n) is 3.99. The minimum absolute atomic E-state index is 0.152. The van der Waals surface area contributed by atoms with Crippen molar-refractivity contribution in [1.82, 2.24) is 13.9 Å². The molecule has 0 radical (unpaired) electrons. The van der Waals surface area contributed by atoms with Crippen molar-refractivity contribution in [3.8, 4) is 0 Å². The molecule has 1 N–H and O–H groups in total. The van der Waals surface area contributed by atoms with Crippen LogP contribution >= 0.6 is 0 Å². The molecule has 0 aromatic heterocycles. The monoisotopic (exact) mass is 319 g/mol. The average Bonchev–Trinajstić information content (AvgIpc) is 2.47. The molecular weight excluding hydrogens is 294 g/mol. The lowest BCUT2D eigenvalue weighted by Gasteiger charge is -2.37. The number of rotatable bonds is 4. The molecule has 0 aromatic rings. The van der Waals surface area contributed by atoms with Gasteiger partial charge in [-0.3, -0.25) is 4.79 Å². The summed E-state index contributed by atoms with van der Waals surface area (Å²) in [5.41, 5.74) is 0.